The molecule has 3 rings (SSSR count). The molecule has 0 bridgehead atoms. The summed E-state index contributed by atoms with van der Waals surface area (Å²) in [7, 11) is 0. The molecule has 0 saturated carbocycles. The summed E-state index contributed by atoms with van der Waals surface area (Å²) in [5.41, 5.74) is 2.00. The van der Waals surface area contributed by atoms with Crippen LogP contribution in [-0.4, -0.2) is 65.3 Å². The Labute approximate surface area is 154 Å². The maximum Gasteiger partial charge on any atom is 0.410 e. The molecule has 0 unspecified atom stereocenters. The topological polar surface area (TPSA) is 59.3 Å². The van der Waals surface area contributed by atoms with Crippen molar-refractivity contribution in [2.45, 2.75) is 45.4 Å². The first-order valence-corrected chi connectivity index (χ1v) is 8.94. The number of carbonyl (C=O) groups is 1. The van der Waals surface area contributed by atoms with Crippen LogP contribution in [-0.2, 0) is 9.47 Å². The average Bonchev–Trinajstić information content (AvgIpc) is 2.59. The van der Waals surface area contributed by atoms with Crippen LogP contribution in [0.5, 0.6) is 0 Å². The van der Waals surface area contributed by atoms with Gasteiger partial charge in [0.15, 0.2) is 0 Å². The summed E-state index contributed by atoms with van der Waals surface area (Å²) in [4.78, 5) is 24.1. The third-order valence-corrected chi connectivity index (χ3v) is 4.84. The van der Waals surface area contributed by atoms with Gasteiger partial charge in [-0.2, -0.15) is 0 Å². The molecule has 3 heterocycles. The molecular formula is C19H26N4O3. The third-order valence-electron chi connectivity index (χ3n) is 4.84. The summed E-state index contributed by atoms with van der Waals surface area (Å²) in [6.45, 7) is 18.2. The van der Waals surface area contributed by atoms with Gasteiger partial charge in [0.2, 0.25) is 5.69 Å². The molecule has 7 nitrogen and oxygen atoms in total. The number of piperazine rings is 1. The molecule has 26 heavy (non-hydrogen) atoms. The molecule has 0 spiro atoms. The van der Waals surface area contributed by atoms with Crippen LogP contribution in [0.1, 0.15) is 38.0 Å². The second-order valence-corrected chi connectivity index (χ2v) is 7.88. The van der Waals surface area contributed by atoms with Crippen molar-refractivity contribution < 1.29 is 14.3 Å². The van der Waals surface area contributed by atoms with Crippen LogP contribution in [0.2, 0.25) is 0 Å². The molecule has 0 N–H and O–H groups in total. The Hall–Kier alpha value is -2.17. The van der Waals surface area contributed by atoms with Crippen molar-refractivity contribution in [3.63, 3.8) is 0 Å². The first-order chi connectivity index (χ1) is 12.3. The molecule has 1 aromatic rings. The van der Waals surface area contributed by atoms with Crippen molar-refractivity contribution >= 4 is 11.8 Å². The first-order valence-electron chi connectivity index (χ1n) is 8.94. The largest absolute Gasteiger partial charge is 0.444 e. The predicted octanol–water partition coefficient (Wildman–Crippen LogP) is 2.93. The van der Waals surface area contributed by atoms with Gasteiger partial charge in [0.25, 0.3) is 0 Å². The van der Waals surface area contributed by atoms with E-state index < -0.39 is 5.60 Å². The first kappa shape index (κ1) is 18.6. The average molecular weight is 358 g/mol. The van der Waals surface area contributed by atoms with E-state index in [1.54, 1.807) is 17.3 Å². The highest BCUT2D eigenvalue weighted by molar-refractivity contribution is 5.68. The Morgan fingerprint density at radius 2 is 2.12 bits per heavy atom. The molecule has 2 aliphatic heterocycles. The van der Waals surface area contributed by atoms with Gasteiger partial charge in [0.1, 0.15) is 5.60 Å². The highest BCUT2D eigenvalue weighted by Crippen LogP contribution is 2.32. The molecular weight excluding hydrogens is 332 g/mol. The van der Waals surface area contributed by atoms with E-state index in [1.165, 1.54) is 0 Å². The highest BCUT2D eigenvalue weighted by Gasteiger charge is 2.37. The van der Waals surface area contributed by atoms with Crippen molar-refractivity contribution in [2.24, 2.45) is 0 Å². The van der Waals surface area contributed by atoms with Gasteiger partial charge >= 0.3 is 6.09 Å². The minimum Gasteiger partial charge on any atom is -0.444 e. The van der Waals surface area contributed by atoms with Gasteiger partial charge in [0.05, 0.1) is 25.3 Å². The maximum atomic E-state index is 12.3. The molecule has 2 fully saturated rings. The number of ether oxygens (including phenoxy) is 2. The van der Waals surface area contributed by atoms with Crippen LogP contribution in [0.15, 0.2) is 12.4 Å². The number of aromatic nitrogens is 1. The van der Waals surface area contributed by atoms with E-state index in [0.29, 0.717) is 25.4 Å². The molecule has 0 aromatic carbocycles. The zero-order valence-electron chi connectivity index (χ0n) is 15.9. The zero-order chi connectivity index (χ0) is 18.9. The standard InChI is InChI=1S/C19H26N4O3/c1-13-15(8-21-9-16(13)20-5)17-11-22-6-7-23(10-14(22)12-25-17)18(24)26-19(2,3)4/h8-9,14,17H,6-7,10-12H2,1-4H3/t14-,17-/m0/s1. The number of pyridine rings is 1. The van der Waals surface area contributed by atoms with Crippen molar-refractivity contribution in [3.8, 4) is 0 Å². The molecule has 1 amide bonds. The van der Waals surface area contributed by atoms with Gasteiger partial charge in [-0.25, -0.2) is 9.64 Å². The van der Waals surface area contributed by atoms with Crippen molar-refractivity contribution in [2.75, 3.05) is 32.8 Å². The van der Waals surface area contributed by atoms with Crippen LogP contribution in [0, 0.1) is 13.5 Å². The lowest BCUT2D eigenvalue weighted by atomic mass is 10.0. The fourth-order valence-corrected chi connectivity index (χ4v) is 3.43. The molecule has 0 aliphatic carbocycles. The van der Waals surface area contributed by atoms with E-state index in [9.17, 15) is 4.79 Å². The van der Waals surface area contributed by atoms with E-state index in [2.05, 4.69) is 14.7 Å². The lowest BCUT2D eigenvalue weighted by molar-refractivity contribution is -0.0908. The van der Waals surface area contributed by atoms with E-state index >= 15 is 0 Å². The summed E-state index contributed by atoms with van der Waals surface area (Å²) >= 11 is 0. The van der Waals surface area contributed by atoms with Crippen molar-refractivity contribution in [3.05, 3.63) is 34.9 Å². The second kappa shape index (κ2) is 7.22. The van der Waals surface area contributed by atoms with E-state index in [0.717, 1.165) is 24.2 Å². The molecule has 140 valence electrons. The number of hydrogen-bond donors (Lipinski definition) is 0. The summed E-state index contributed by atoms with van der Waals surface area (Å²) < 4.78 is 11.6. The fourth-order valence-electron chi connectivity index (χ4n) is 3.43. The fraction of sp³-hybridized carbons (Fsp3) is 0.632. The smallest absolute Gasteiger partial charge is 0.410 e. The lowest BCUT2D eigenvalue weighted by Gasteiger charge is -2.46. The SMILES string of the molecule is [C-]#[N+]c1cncc([C@@H]2CN3CCN(C(=O)OC(C)(C)C)C[C@H]3CO2)c1C. The van der Waals surface area contributed by atoms with Crippen molar-refractivity contribution in [1.82, 2.24) is 14.8 Å². The molecule has 2 atom stereocenters. The van der Waals surface area contributed by atoms with E-state index in [-0.39, 0.29) is 18.2 Å². The van der Waals surface area contributed by atoms with Crippen LogP contribution >= 0.6 is 0 Å². The van der Waals surface area contributed by atoms with Gasteiger partial charge in [-0.05, 0) is 38.8 Å². The van der Waals surface area contributed by atoms with Crippen LogP contribution in [0.3, 0.4) is 0 Å². The molecule has 2 aliphatic rings. The van der Waals surface area contributed by atoms with Gasteiger partial charge in [-0.15, -0.1) is 0 Å². The Morgan fingerprint density at radius 1 is 1.35 bits per heavy atom. The van der Waals surface area contributed by atoms with Crippen LogP contribution in [0.25, 0.3) is 4.85 Å². The number of morpholine rings is 1. The van der Waals surface area contributed by atoms with Gasteiger partial charge < -0.3 is 14.4 Å². The monoisotopic (exact) mass is 358 g/mol. The van der Waals surface area contributed by atoms with Gasteiger partial charge in [0, 0.05) is 38.6 Å². The number of carbonyl (C=O) groups excluding carboxylic acids is 1. The summed E-state index contributed by atoms with van der Waals surface area (Å²) in [5.74, 6) is 0. The highest BCUT2D eigenvalue weighted by atomic mass is 16.6. The number of rotatable bonds is 1. The third kappa shape index (κ3) is 3.97. The Kier molecular flexibility index (Phi) is 5.17. The van der Waals surface area contributed by atoms with Crippen LogP contribution < -0.4 is 0 Å². The Morgan fingerprint density at radius 3 is 2.81 bits per heavy atom. The van der Waals surface area contributed by atoms with Gasteiger partial charge in [-0.3, -0.25) is 9.88 Å². The summed E-state index contributed by atoms with van der Waals surface area (Å²) in [6.07, 6.45) is 3.04. The molecule has 0 radical (unpaired) electrons. The minimum atomic E-state index is -0.485. The van der Waals surface area contributed by atoms with Gasteiger partial charge in [-0.1, -0.05) is 0 Å². The lowest BCUT2D eigenvalue weighted by Crippen LogP contribution is -2.60. The maximum absolute atomic E-state index is 12.3. The number of amides is 1. The molecule has 2 saturated heterocycles. The van der Waals surface area contributed by atoms with Crippen molar-refractivity contribution in [1.29, 1.82) is 0 Å². The summed E-state index contributed by atoms with van der Waals surface area (Å²) in [5, 5.41) is 0. The summed E-state index contributed by atoms with van der Waals surface area (Å²) in [6, 6.07) is 0.171. The number of nitrogens with zero attached hydrogens (tertiary/aromatic N) is 4. The Balaban J connectivity index is 1.64. The van der Waals surface area contributed by atoms with E-state index in [1.807, 2.05) is 27.7 Å². The normalized spacial score (nSPS) is 23.9. The number of hydrogen-bond acceptors (Lipinski definition) is 5. The Bertz CT molecular complexity index is 722. The number of fused-ring (bicyclic) bond motifs is 1. The minimum absolute atomic E-state index is 0.0893. The zero-order valence-corrected chi connectivity index (χ0v) is 15.9. The predicted molar refractivity (Wildman–Crippen MR) is 97.1 cm³/mol. The molecule has 1 aromatic heterocycles. The van der Waals surface area contributed by atoms with Crippen LogP contribution in [0.4, 0.5) is 10.5 Å². The molecule has 7 heteroatoms. The second-order valence-electron chi connectivity index (χ2n) is 7.88. The quantitative estimate of drug-likeness (QED) is 0.723. The van der Waals surface area contributed by atoms with E-state index in [4.69, 9.17) is 16.0 Å².